The second kappa shape index (κ2) is 9.40. The molecular weight excluding hydrogens is 176 g/mol. The van der Waals surface area contributed by atoms with Gasteiger partial charge in [-0.2, -0.15) is 0 Å². The van der Waals surface area contributed by atoms with Crippen LogP contribution >= 0.6 is 0 Å². The van der Waals surface area contributed by atoms with Crippen LogP contribution in [0, 0.1) is 11.8 Å². The minimum absolute atomic E-state index is 0.660. The lowest BCUT2D eigenvalue weighted by Crippen LogP contribution is -2.37. The molecule has 0 aromatic carbocycles. The molecule has 4 heteroatoms. The van der Waals surface area contributed by atoms with Crippen molar-refractivity contribution in [1.29, 1.82) is 0 Å². The maximum absolute atomic E-state index is 5.42. The van der Waals surface area contributed by atoms with E-state index in [2.05, 4.69) is 24.5 Å². The Morgan fingerprint density at radius 3 is 1.64 bits per heavy atom. The molecule has 0 amide bonds. The zero-order valence-corrected chi connectivity index (χ0v) is 9.55. The van der Waals surface area contributed by atoms with Crippen LogP contribution in [0.1, 0.15) is 13.8 Å². The topological polar surface area (TPSA) is 76.1 Å². The van der Waals surface area contributed by atoms with Gasteiger partial charge in [0.2, 0.25) is 0 Å². The molecule has 0 aromatic rings. The highest BCUT2D eigenvalue weighted by atomic mass is 14.9. The van der Waals surface area contributed by atoms with E-state index in [-0.39, 0.29) is 0 Å². The second-order valence-corrected chi connectivity index (χ2v) is 3.99. The van der Waals surface area contributed by atoms with E-state index in [1.165, 1.54) is 0 Å². The number of nitrogens with one attached hydrogen (secondary N) is 2. The molecule has 14 heavy (non-hydrogen) atoms. The summed E-state index contributed by atoms with van der Waals surface area (Å²) in [6.45, 7) is 9.79. The lowest BCUT2D eigenvalue weighted by molar-refractivity contribution is 0.347. The molecule has 0 atom stereocenters. The SMILES string of the molecule is CC(C)C(CNCCN)CNCCN. The van der Waals surface area contributed by atoms with Crippen LogP contribution in [0.15, 0.2) is 0 Å². The van der Waals surface area contributed by atoms with Crippen molar-refractivity contribution < 1.29 is 0 Å². The second-order valence-electron chi connectivity index (χ2n) is 3.99. The van der Waals surface area contributed by atoms with Crippen LogP contribution in [0.5, 0.6) is 0 Å². The fourth-order valence-electron chi connectivity index (χ4n) is 1.32. The summed E-state index contributed by atoms with van der Waals surface area (Å²) < 4.78 is 0. The molecule has 6 N–H and O–H groups in total. The molecule has 0 aliphatic heterocycles. The Balaban J connectivity index is 3.55. The zero-order chi connectivity index (χ0) is 10.8. The van der Waals surface area contributed by atoms with E-state index in [1.807, 2.05) is 0 Å². The summed E-state index contributed by atoms with van der Waals surface area (Å²) >= 11 is 0. The van der Waals surface area contributed by atoms with E-state index in [1.54, 1.807) is 0 Å². The fourth-order valence-corrected chi connectivity index (χ4v) is 1.32. The molecule has 86 valence electrons. The molecule has 0 unspecified atom stereocenters. The molecule has 0 bridgehead atoms. The van der Waals surface area contributed by atoms with Gasteiger partial charge in [-0.1, -0.05) is 13.8 Å². The lowest BCUT2D eigenvalue weighted by Gasteiger charge is -2.21. The largest absolute Gasteiger partial charge is 0.329 e. The normalized spacial score (nSPS) is 11.6. The molecule has 0 fully saturated rings. The van der Waals surface area contributed by atoms with Crippen LogP contribution < -0.4 is 22.1 Å². The Labute approximate surface area is 87.8 Å². The first-order chi connectivity index (χ1) is 6.72. The molecule has 4 nitrogen and oxygen atoms in total. The fraction of sp³-hybridized carbons (Fsp3) is 1.00. The Kier molecular flexibility index (Phi) is 9.29. The summed E-state index contributed by atoms with van der Waals surface area (Å²) in [5.41, 5.74) is 10.8. The molecule has 0 saturated carbocycles. The third-order valence-electron chi connectivity index (χ3n) is 2.40. The van der Waals surface area contributed by atoms with Gasteiger partial charge in [-0.15, -0.1) is 0 Å². The van der Waals surface area contributed by atoms with Gasteiger partial charge in [0.05, 0.1) is 0 Å². The van der Waals surface area contributed by atoms with E-state index in [0.717, 1.165) is 26.2 Å². The number of rotatable bonds is 9. The predicted octanol–water partition coefficient (Wildman–Crippen LogP) is -0.645. The molecule has 0 aliphatic carbocycles. The molecule has 0 saturated heterocycles. The highest BCUT2D eigenvalue weighted by molar-refractivity contribution is 4.69. The van der Waals surface area contributed by atoms with E-state index >= 15 is 0 Å². The molecule has 0 heterocycles. The summed E-state index contributed by atoms with van der Waals surface area (Å²) in [7, 11) is 0. The zero-order valence-electron chi connectivity index (χ0n) is 9.55. The number of nitrogens with two attached hydrogens (primary N) is 2. The van der Waals surface area contributed by atoms with Crippen LogP contribution in [0.25, 0.3) is 0 Å². The Morgan fingerprint density at radius 1 is 0.929 bits per heavy atom. The van der Waals surface area contributed by atoms with Crippen LogP contribution in [-0.4, -0.2) is 39.3 Å². The standard InChI is InChI=1S/C10H26N4/c1-9(2)10(7-13-5-3-11)8-14-6-4-12/h9-10,13-14H,3-8,11-12H2,1-2H3. The summed E-state index contributed by atoms with van der Waals surface area (Å²) in [6.07, 6.45) is 0. The van der Waals surface area contributed by atoms with Gasteiger partial charge in [0.15, 0.2) is 0 Å². The van der Waals surface area contributed by atoms with Gasteiger partial charge in [0.1, 0.15) is 0 Å². The summed E-state index contributed by atoms with van der Waals surface area (Å²) in [4.78, 5) is 0. The van der Waals surface area contributed by atoms with Crippen molar-refractivity contribution >= 4 is 0 Å². The smallest absolute Gasteiger partial charge is 0.00746 e. The highest BCUT2D eigenvalue weighted by Crippen LogP contribution is 2.07. The third-order valence-corrected chi connectivity index (χ3v) is 2.40. The first-order valence-electron chi connectivity index (χ1n) is 5.54. The summed E-state index contributed by atoms with van der Waals surface area (Å²) in [6, 6.07) is 0. The molecular formula is C10H26N4. The Morgan fingerprint density at radius 2 is 1.36 bits per heavy atom. The van der Waals surface area contributed by atoms with E-state index < -0.39 is 0 Å². The molecule has 0 radical (unpaired) electrons. The molecule has 0 spiro atoms. The summed E-state index contributed by atoms with van der Waals surface area (Å²) in [5, 5.41) is 6.69. The van der Waals surface area contributed by atoms with Crippen molar-refractivity contribution in [2.24, 2.45) is 23.3 Å². The van der Waals surface area contributed by atoms with E-state index in [4.69, 9.17) is 11.5 Å². The third kappa shape index (κ3) is 7.26. The van der Waals surface area contributed by atoms with Crippen LogP contribution in [0.2, 0.25) is 0 Å². The van der Waals surface area contributed by atoms with Crippen LogP contribution in [-0.2, 0) is 0 Å². The first kappa shape index (κ1) is 13.8. The van der Waals surface area contributed by atoms with Crippen molar-refractivity contribution in [2.75, 3.05) is 39.3 Å². The van der Waals surface area contributed by atoms with Gasteiger partial charge in [-0.3, -0.25) is 0 Å². The van der Waals surface area contributed by atoms with Gasteiger partial charge < -0.3 is 22.1 Å². The van der Waals surface area contributed by atoms with Crippen molar-refractivity contribution in [3.8, 4) is 0 Å². The maximum atomic E-state index is 5.42. The molecule has 0 rings (SSSR count). The molecule has 0 aliphatic rings. The lowest BCUT2D eigenvalue weighted by atomic mass is 9.96. The van der Waals surface area contributed by atoms with Gasteiger partial charge in [-0.25, -0.2) is 0 Å². The highest BCUT2D eigenvalue weighted by Gasteiger charge is 2.11. The van der Waals surface area contributed by atoms with Crippen molar-refractivity contribution in [3.63, 3.8) is 0 Å². The number of hydrogen-bond donors (Lipinski definition) is 4. The summed E-state index contributed by atoms with van der Waals surface area (Å²) in [5.74, 6) is 1.35. The van der Waals surface area contributed by atoms with Gasteiger partial charge in [-0.05, 0) is 24.9 Å². The van der Waals surface area contributed by atoms with Gasteiger partial charge in [0.25, 0.3) is 0 Å². The molecule has 0 aromatic heterocycles. The first-order valence-corrected chi connectivity index (χ1v) is 5.54. The predicted molar refractivity (Wildman–Crippen MR) is 62.2 cm³/mol. The van der Waals surface area contributed by atoms with Crippen molar-refractivity contribution in [3.05, 3.63) is 0 Å². The number of hydrogen-bond acceptors (Lipinski definition) is 4. The monoisotopic (exact) mass is 202 g/mol. The van der Waals surface area contributed by atoms with Crippen LogP contribution in [0.3, 0.4) is 0 Å². The van der Waals surface area contributed by atoms with E-state index in [9.17, 15) is 0 Å². The minimum Gasteiger partial charge on any atom is -0.329 e. The quantitative estimate of drug-likeness (QED) is 0.375. The van der Waals surface area contributed by atoms with Gasteiger partial charge >= 0.3 is 0 Å². The van der Waals surface area contributed by atoms with Crippen LogP contribution in [0.4, 0.5) is 0 Å². The average molecular weight is 202 g/mol. The van der Waals surface area contributed by atoms with Crippen molar-refractivity contribution in [2.45, 2.75) is 13.8 Å². The Bertz CT molecular complexity index is 107. The average Bonchev–Trinajstić information content (AvgIpc) is 2.15. The van der Waals surface area contributed by atoms with E-state index in [0.29, 0.717) is 24.9 Å². The maximum Gasteiger partial charge on any atom is 0.00746 e. The Hall–Kier alpha value is -0.160. The van der Waals surface area contributed by atoms with Crippen molar-refractivity contribution in [1.82, 2.24) is 10.6 Å². The van der Waals surface area contributed by atoms with Gasteiger partial charge in [0, 0.05) is 26.2 Å². The minimum atomic E-state index is 0.660.